The minimum Gasteiger partial charge on any atom is -0.385 e. The molecule has 0 amide bonds. The van der Waals surface area contributed by atoms with Crippen LogP contribution in [0.5, 0.6) is 0 Å². The summed E-state index contributed by atoms with van der Waals surface area (Å²) in [6, 6.07) is 10.5. The van der Waals surface area contributed by atoms with Gasteiger partial charge in [0.15, 0.2) is 0 Å². The molecule has 1 heteroatoms. The van der Waals surface area contributed by atoms with Crippen molar-refractivity contribution in [1.29, 1.82) is 0 Å². The normalized spacial score (nSPS) is 9.91. The van der Waals surface area contributed by atoms with E-state index < -0.39 is 0 Å². The quantitative estimate of drug-likeness (QED) is 0.598. The maximum Gasteiger partial charge on any atom is 0.0465 e. The molecule has 0 aliphatic carbocycles. The topological polar surface area (TPSA) is 9.23 Å². The van der Waals surface area contributed by atoms with Gasteiger partial charge in [-0.2, -0.15) is 0 Å². The molecule has 0 saturated heterocycles. The SMILES string of the molecule is COCCCc1ccccc1. The first kappa shape index (κ1) is 8.28. The number of hydrogen-bond donors (Lipinski definition) is 0. The van der Waals surface area contributed by atoms with E-state index >= 15 is 0 Å². The Labute approximate surface area is 68.0 Å². The summed E-state index contributed by atoms with van der Waals surface area (Å²) in [5.74, 6) is 0. The monoisotopic (exact) mass is 150 g/mol. The summed E-state index contributed by atoms with van der Waals surface area (Å²) in [6.07, 6.45) is 2.23. The van der Waals surface area contributed by atoms with Crippen molar-refractivity contribution in [3.05, 3.63) is 35.9 Å². The van der Waals surface area contributed by atoms with E-state index in [4.69, 9.17) is 4.74 Å². The average molecular weight is 150 g/mol. The Morgan fingerprint density at radius 3 is 2.55 bits per heavy atom. The summed E-state index contributed by atoms with van der Waals surface area (Å²) in [5.41, 5.74) is 1.39. The second-order valence-corrected chi connectivity index (χ2v) is 2.58. The first-order valence-electron chi connectivity index (χ1n) is 3.96. The van der Waals surface area contributed by atoms with Gasteiger partial charge in [0.05, 0.1) is 0 Å². The van der Waals surface area contributed by atoms with Crippen LogP contribution in [0.1, 0.15) is 12.0 Å². The van der Waals surface area contributed by atoms with E-state index in [1.165, 1.54) is 5.56 Å². The standard InChI is InChI=1S/C10H14O/c1-11-9-5-8-10-6-3-2-4-7-10/h2-4,6-7H,5,8-9H2,1H3. The van der Waals surface area contributed by atoms with Crippen molar-refractivity contribution in [3.8, 4) is 0 Å². The second kappa shape index (κ2) is 4.91. The molecule has 60 valence electrons. The highest BCUT2D eigenvalue weighted by atomic mass is 16.5. The molecule has 1 nitrogen and oxygen atoms in total. The minimum absolute atomic E-state index is 0.856. The number of benzene rings is 1. The largest absolute Gasteiger partial charge is 0.385 e. The fourth-order valence-electron chi connectivity index (χ4n) is 1.07. The van der Waals surface area contributed by atoms with E-state index in [1.807, 2.05) is 6.07 Å². The molecule has 0 unspecified atom stereocenters. The second-order valence-electron chi connectivity index (χ2n) is 2.58. The summed E-state index contributed by atoms with van der Waals surface area (Å²) >= 11 is 0. The number of rotatable bonds is 4. The third kappa shape index (κ3) is 3.19. The highest BCUT2D eigenvalue weighted by molar-refractivity contribution is 5.14. The third-order valence-corrected chi connectivity index (χ3v) is 1.66. The molecule has 0 aromatic heterocycles. The van der Waals surface area contributed by atoms with Gasteiger partial charge in [-0.25, -0.2) is 0 Å². The molecule has 0 bridgehead atoms. The van der Waals surface area contributed by atoms with Crippen molar-refractivity contribution in [1.82, 2.24) is 0 Å². The van der Waals surface area contributed by atoms with Gasteiger partial charge in [0, 0.05) is 13.7 Å². The Hall–Kier alpha value is -0.820. The van der Waals surface area contributed by atoms with Gasteiger partial charge in [0.25, 0.3) is 0 Å². The highest BCUT2D eigenvalue weighted by Crippen LogP contribution is 2.01. The summed E-state index contributed by atoms with van der Waals surface area (Å²) in [4.78, 5) is 0. The zero-order valence-corrected chi connectivity index (χ0v) is 6.92. The molecule has 0 atom stereocenters. The first-order chi connectivity index (χ1) is 5.43. The summed E-state index contributed by atoms with van der Waals surface area (Å²) in [6.45, 7) is 0.856. The lowest BCUT2D eigenvalue weighted by Gasteiger charge is -1.98. The fourth-order valence-corrected chi connectivity index (χ4v) is 1.07. The Morgan fingerprint density at radius 1 is 1.18 bits per heavy atom. The van der Waals surface area contributed by atoms with Crippen LogP contribution in [0.3, 0.4) is 0 Å². The third-order valence-electron chi connectivity index (χ3n) is 1.66. The van der Waals surface area contributed by atoms with Crippen LogP contribution in [-0.4, -0.2) is 13.7 Å². The van der Waals surface area contributed by atoms with Crippen LogP contribution < -0.4 is 0 Å². The molecule has 11 heavy (non-hydrogen) atoms. The molecule has 0 N–H and O–H groups in total. The number of methoxy groups -OCH3 is 1. The van der Waals surface area contributed by atoms with E-state index in [1.54, 1.807) is 7.11 Å². The smallest absolute Gasteiger partial charge is 0.0465 e. The molecule has 1 rings (SSSR count). The van der Waals surface area contributed by atoms with E-state index in [2.05, 4.69) is 24.3 Å². The zero-order chi connectivity index (χ0) is 7.94. The van der Waals surface area contributed by atoms with Crippen LogP contribution in [0.4, 0.5) is 0 Å². The predicted octanol–water partition coefficient (Wildman–Crippen LogP) is 2.27. The first-order valence-corrected chi connectivity index (χ1v) is 3.96. The molecule has 0 aliphatic heterocycles. The predicted molar refractivity (Wildman–Crippen MR) is 46.6 cm³/mol. The minimum atomic E-state index is 0.856. The van der Waals surface area contributed by atoms with Crippen molar-refractivity contribution >= 4 is 0 Å². The molecule has 0 saturated carbocycles. The molecule has 0 spiro atoms. The van der Waals surface area contributed by atoms with Crippen LogP contribution in [0, 0.1) is 0 Å². The Morgan fingerprint density at radius 2 is 1.91 bits per heavy atom. The van der Waals surface area contributed by atoms with E-state index in [0.29, 0.717) is 0 Å². The van der Waals surface area contributed by atoms with Crippen molar-refractivity contribution in [2.45, 2.75) is 12.8 Å². The van der Waals surface area contributed by atoms with Gasteiger partial charge >= 0.3 is 0 Å². The van der Waals surface area contributed by atoms with E-state index in [-0.39, 0.29) is 0 Å². The number of ether oxygens (including phenoxy) is 1. The number of hydrogen-bond acceptors (Lipinski definition) is 1. The van der Waals surface area contributed by atoms with E-state index in [9.17, 15) is 0 Å². The van der Waals surface area contributed by atoms with Crippen LogP contribution in [0.15, 0.2) is 30.3 Å². The van der Waals surface area contributed by atoms with Crippen LogP contribution in [0.25, 0.3) is 0 Å². The highest BCUT2D eigenvalue weighted by Gasteiger charge is 1.89. The molecular formula is C10H14O. The Bertz CT molecular complexity index is 181. The van der Waals surface area contributed by atoms with Crippen LogP contribution in [-0.2, 0) is 11.2 Å². The van der Waals surface area contributed by atoms with Gasteiger partial charge < -0.3 is 4.74 Å². The van der Waals surface area contributed by atoms with Gasteiger partial charge in [-0.1, -0.05) is 30.3 Å². The molecule has 1 aromatic rings. The molecule has 0 heterocycles. The molecule has 0 radical (unpaired) electrons. The van der Waals surface area contributed by atoms with Gasteiger partial charge in [-0.05, 0) is 18.4 Å². The van der Waals surface area contributed by atoms with Crippen LogP contribution >= 0.6 is 0 Å². The van der Waals surface area contributed by atoms with Crippen molar-refractivity contribution < 1.29 is 4.74 Å². The van der Waals surface area contributed by atoms with Crippen molar-refractivity contribution in [2.24, 2.45) is 0 Å². The lowest BCUT2D eigenvalue weighted by Crippen LogP contribution is -1.91. The van der Waals surface area contributed by atoms with Gasteiger partial charge in [-0.3, -0.25) is 0 Å². The van der Waals surface area contributed by atoms with Crippen LogP contribution in [0.2, 0.25) is 0 Å². The average Bonchev–Trinajstić information content (AvgIpc) is 2.07. The van der Waals surface area contributed by atoms with E-state index in [0.717, 1.165) is 19.4 Å². The van der Waals surface area contributed by atoms with Crippen molar-refractivity contribution in [2.75, 3.05) is 13.7 Å². The lowest BCUT2D eigenvalue weighted by atomic mass is 10.1. The van der Waals surface area contributed by atoms with Gasteiger partial charge in [-0.15, -0.1) is 0 Å². The lowest BCUT2D eigenvalue weighted by molar-refractivity contribution is 0.195. The Kier molecular flexibility index (Phi) is 3.70. The maximum atomic E-state index is 4.96. The van der Waals surface area contributed by atoms with Gasteiger partial charge in [0.2, 0.25) is 0 Å². The summed E-state index contributed by atoms with van der Waals surface area (Å²) in [7, 11) is 1.74. The zero-order valence-electron chi connectivity index (χ0n) is 6.92. The molecule has 0 fully saturated rings. The number of aryl methyl sites for hydroxylation is 1. The Balaban J connectivity index is 2.28. The molecular weight excluding hydrogens is 136 g/mol. The fraction of sp³-hybridized carbons (Fsp3) is 0.400. The summed E-state index contributed by atoms with van der Waals surface area (Å²) in [5, 5.41) is 0. The van der Waals surface area contributed by atoms with Crippen molar-refractivity contribution in [3.63, 3.8) is 0 Å². The molecule has 1 aromatic carbocycles. The summed E-state index contributed by atoms with van der Waals surface area (Å²) < 4.78 is 4.96. The molecule has 0 aliphatic rings. The maximum absolute atomic E-state index is 4.96. The van der Waals surface area contributed by atoms with Gasteiger partial charge in [0.1, 0.15) is 0 Å².